The number of carbonyl (C=O) groups is 3. The first-order valence-corrected chi connectivity index (χ1v) is 18.5. The van der Waals surface area contributed by atoms with Gasteiger partial charge in [0.1, 0.15) is 19.8 Å². The smallest absolute Gasteiger partial charge is 0.407 e. The summed E-state index contributed by atoms with van der Waals surface area (Å²) < 4.78 is 77.5. The lowest BCUT2D eigenvalue weighted by Crippen LogP contribution is -2.44. The predicted molar refractivity (Wildman–Crippen MR) is 208 cm³/mol. The highest BCUT2D eigenvalue weighted by atomic mass is 19.3. The van der Waals surface area contributed by atoms with E-state index < -0.39 is 47.4 Å². The highest BCUT2D eigenvalue weighted by Crippen LogP contribution is 2.32. The quantitative estimate of drug-likeness (QED) is 0.0755. The molecule has 0 unspecified atom stereocenters. The topological polar surface area (TPSA) is 103 Å². The Bertz CT molecular complexity index is 1540. The van der Waals surface area contributed by atoms with Crippen LogP contribution in [0.1, 0.15) is 104 Å². The number of esters is 1. The molecule has 0 saturated heterocycles. The van der Waals surface area contributed by atoms with Crippen LogP contribution in [0.2, 0.25) is 0 Å². The highest BCUT2D eigenvalue weighted by molar-refractivity contribution is 5.70. The van der Waals surface area contributed by atoms with Crippen LogP contribution in [0.15, 0.2) is 91.0 Å². The van der Waals surface area contributed by atoms with E-state index in [1.807, 2.05) is 119 Å². The van der Waals surface area contributed by atoms with Crippen LogP contribution in [0.4, 0.5) is 31.5 Å². The number of hydrogen-bond acceptors (Lipinski definition) is 6. The number of benzene rings is 3. The maximum absolute atomic E-state index is 12.8. The Hall–Kier alpha value is -4.68. The Morgan fingerprint density at radius 3 is 1.36 bits per heavy atom. The lowest BCUT2D eigenvalue weighted by atomic mass is 9.83. The zero-order valence-corrected chi connectivity index (χ0v) is 33.6. The van der Waals surface area contributed by atoms with E-state index in [9.17, 15) is 36.3 Å². The van der Waals surface area contributed by atoms with Crippen molar-refractivity contribution in [1.82, 2.24) is 10.6 Å². The number of rotatable bonds is 18. The largest absolute Gasteiger partial charge is 0.461 e. The lowest BCUT2D eigenvalue weighted by molar-refractivity contribution is -0.147. The number of nitrogens with one attached hydrogen (secondary N) is 2. The van der Waals surface area contributed by atoms with Gasteiger partial charge in [0, 0.05) is 23.9 Å². The van der Waals surface area contributed by atoms with Gasteiger partial charge in [-0.05, 0) is 76.0 Å². The Morgan fingerprint density at radius 2 is 0.982 bits per heavy atom. The minimum absolute atomic E-state index is 0.122. The van der Waals surface area contributed by atoms with Gasteiger partial charge >= 0.3 is 18.2 Å². The van der Waals surface area contributed by atoms with E-state index >= 15 is 0 Å². The van der Waals surface area contributed by atoms with Gasteiger partial charge in [0.05, 0.1) is 13.1 Å². The number of amides is 2. The normalized spacial score (nSPS) is 11.6. The molecular weight excluding hydrogens is 735 g/mol. The zero-order valence-electron chi connectivity index (χ0n) is 33.6. The molecule has 0 fully saturated rings. The van der Waals surface area contributed by atoms with Gasteiger partial charge in [-0.25, -0.2) is 27.2 Å². The Labute approximate surface area is 328 Å². The molecule has 3 aromatic carbocycles. The van der Waals surface area contributed by atoms with E-state index in [0.29, 0.717) is 12.8 Å². The van der Waals surface area contributed by atoms with Crippen LogP contribution in [0.25, 0.3) is 0 Å². The van der Waals surface area contributed by atoms with E-state index in [-0.39, 0.29) is 51.7 Å². The van der Waals surface area contributed by atoms with Crippen molar-refractivity contribution in [2.45, 2.75) is 130 Å². The van der Waals surface area contributed by atoms with Crippen LogP contribution in [0.5, 0.6) is 0 Å². The summed E-state index contributed by atoms with van der Waals surface area (Å²) in [4.78, 5) is 34.8. The molecule has 0 radical (unpaired) electrons. The van der Waals surface area contributed by atoms with E-state index in [2.05, 4.69) is 10.6 Å². The third-order valence-corrected chi connectivity index (χ3v) is 8.01. The van der Waals surface area contributed by atoms with Gasteiger partial charge in [-0.15, -0.1) is 0 Å². The predicted octanol–water partition coefficient (Wildman–Crippen LogP) is 11.4. The molecule has 3 aromatic rings. The fourth-order valence-corrected chi connectivity index (χ4v) is 4.91. The van der Waals surface area contributed by atoms with Crippen molar-refractivity contribution < 1.29 is 50.5 Å². The second kappa shape index (κ2) is 24.8. The van der Waals surface area contributed by atoms with Gasteiger partial charge in [0.25, 0.3) is 0 Å². The summed E-state index contributed by atoms with van der Waals surface area (Å²) in [6.45, 7) is 11.5. The SMILES string of the molecule is CC(C)(CC(F)F)NC(=O)OCc1ccccc1.CC(C)(CCCF)NC(=O)OCc1ccccc1.CC(F)(F)CCC(C)(C)CC(=O)OCc1ccccc1. The molecule has 0 atom stereocenters. The number of halogens is 5. The summed E-state index contributed by atoms with van der Waals surface area (Å²) in [5, 5.41) is 5.15. The summed E-state index contributed by atoms with van der Waals surface area (Å²) in [6.07, 6.45) is -2.79. The molecule has 2 amide bonds. The maximum Gasteiger partial charge on any atom is 0.407 e. The summed E-state index contributed by atoms with van der Waals surface area (Å²) in [6, 6.07) is 28.0. The van der Waals surface area contributed by atoms with E-state index in [1.165, 1.54) is 13.8 Å². The first-order valence-electron chi connectivity index (χ1n) is 18.5. The molecule has 0 aromatic heterocycles. The molecule has 3 rings (SSSR count). The van der Waals surface area contributed by atoms with Crippen molar-refractivity contribution in [1.29, 1.82) is 0 Å². The molecule has 13 heteroatoms. The fraction of sp³-hybridized carbons (Fsp3) is 0.512. The summed E-state index contributed by atoms with van der Waals surface area (Å²) in [5.74, 6) is -3.04. The van der Waals surface area contributed by atoms with Crippen molar-refractivity contribution >= 4 is 18.2 Å². The monoisotopic (exact) mass is 794 g/mol. The number of alkyl carbamates (subject to hydrolysis) is 2. The molecular formula is C43H59F5N2O6. The molecule has 0 aliphatic carbocycles. The number of hydrogen-bond donors (Lipinski definition) is 2. The molecule has 2 N–H and O–H groups in total. The molecule has 0 aliphatic rings. The molecule has 8 nitrogen and oxygen atoms in total. The lowest BCUT2D eigenvalue weighted by Gasteiger charge is -2.25. The van der Waals surface area contributed by atoms with Gasteiger partial charge in [-0.3, -0.25) is 9.18 Å². The van der Waals surface area contributed by atoms with Crippen molar-refractivity contribution in [3.05, 3.63) is 108 Å². The van der Waals surface area contributed by atoms with E-state index in [0.717, 1.165) is 23.6 Å². The fourth-order valence-electron chi connectivity index (χ4n) is 4.91. The number of carbonyl (C=O) groups excluding carboxylic acids is 3. The van der Waals surface area contributed by atoms with Gasteiger partial charge in [0.2, 0.25) is 12.3 Å². The molecule has 0 bridgehead atoms. The molecule has 0 spiro atoms. The van der Waals surface area contributed by atoms with Gasteiger partial charge in [-0.2, -0.15) is 0 Å². The minimum Gasteiger partial charge on any atom is -0.461 e. The summed E-state index contributed by atoms with van der Waals surface area (Å²) in [5.41, 5.74) is 0.793. The van der Waals surface area contributed by atoms with Crippen LogP contribution in [-0.4, -0.2) is 48.3 Å². The molecule has 0 aliphatic heterocycles. The Morgan fingerprint density at radius 1 is 0.589 bits per heavy atom. The van der Waals surface area contributed by atoms with E-state index in [1.54, 1.807) is 0 Å². The first-order chi connectivity index (χ1) is 26.1. The first kappa shape index (κ1) is 49.3. The molecule has 0 heterocycles. The van der Waals surface area contributed by atoms with Gasteiger partial charge < -0.3 is 24.8 Å². The Balaban J connectivity index is 0.000000421. The minimum atomic E-state index is -2.69. The summed E-state index contributed by atoms with van der Waals surface area (Å²) >= 11 is 0. The number of ether oxygens (including phenoxy) is 3. The van der Waals surface area contributed by atoms with Gasteiger partial charge in [0.15, 0.2) is 0 Å². The van der Waals surface area contributed by atoms with Crippen molar-refractivity contribution in [2.75, 3.05) is 6.67 Å². The van der Waals surface area contributed by atoms with Crippen molar-refractivity contribution in [3.8, 4) is 0 Å². The van der Waals surface area contributed by atoms with E-state index in [4.69, 9.17) is 14.2 Å². The molecule has 312 valence electrons. The third-order valence-electron chi connectivity index (χ3n) is 8.01. The zero-order chi connectivity index (χ0) is 42.3. The Kier molecular flexibility index (Phi) is 21.8. The van der Waals surface area contributed by atoms with Crippen LogP contribution in [0, 0.1) is 5.41 Å². The second-order valence-electron chi connectivity index (χ2n) is 15.6. The molecule has 0 saturated carbocycles. The van der Waals surface area contributed by atoms with Crippen molar-refractivity contribution in [3.63, 3.8) is 0 Å². The van der Waals surface area contributed by atoms with Gasteiger partial charge in [-0.1, -0.05) is 105 Å². The highest BCUT2D eigenvalue weighted by Gasteiger charge is 2.29. The third kappa shape index (κ3) is 26.2. The van der Waals surface area contributed by atoms with Crippen LogP contribution in [0.3, 0.4) is 0 Å². The average Bonchev–Trinajstić information content (AvgIpc) is 3.11. The molecule has 56 heavy (non-hydrogen) atoms. The second-order valence-corrected chi connectivity index (χ2v) is 15.6. The van der Waals surface area contributed by atoms with Crippen LogP contribution < -0.4 is 10.6 Å². The standard InChI is InChI=1S/C16H22F2O2.C14H20FNO2.C13H17F2NO2/c1-15(2,9-10-16(3,17)18)11-14(19)20-12-13-7-5-4-6-8-13;1-14(2,9-6-10-15)16-13(17)18-11-12-7-4-3-5-8-12;1-13(2,8-11(14)15)16-12(17)18-9-10-6-4-3-5-7-10/h4-8H,9-12H2,1-3H3;3-5,7-8H,6,9-11H2,1-2H3,(H,16,17);3-7,11H,8-9H2,1-2H3,(H,16,17). The van der Waals surface area contributed by atoms with Crippen LogP contribution in [-0.2, 0) is 38.8 Å². The number of alkyl halides is 5. The maximum atomic E-state index is 12.8. The van der Waals surface area contributed by atoms with Crippen molar-refractivity contribution in [2.24, 2.45) is 5.41 Å². The average molecular weight is 795 g/mol. The summed E-state index contributed by atoms with van der Waals surface area (Å²) in [7, 11) is 0. The van der Waals surface area contributed by atoms with Crippen LogP contribution >= 0.6 is 0 Å².